The Labute approximate surface area is 122 Å². The van der Waals surface area contributed by atoms with E-state index in [1.807, 2.05) is 0 Å². The van der Waals surface area contributed by atoms with Crippen molar-refractivity contribution in [1.82, 2.24) is 0 Å². The molecular formula is C13H10F5NO3. The van der Waals surface area contributed by atoms with E-state index in [1.54, 1.807) is 0 Å². The quantitative estimate of drug-likeness (QED) is 0.615. The maximum atomic E-state index is 12.7. The van der Waals surface area contributed by atoms with Crippen LogP contribution in [0, 0.1) is 11.3 Å². The van der Waals surface area contributed by atoms with E-state index in [4.69, 9.17) is 5.26 Å². The molecule has 22 heavy (non-hydrogen) atoms. The summed E-state index contributed by atoms with van der Waals surface area (Å²) in [6.45, 7) is 1.44. The molecule has 1 aromatic rings. The van der Waals surface area contributed by atoms with Crippen LogP contribution < -0.4 is 4.74 Å². The number of nitriles is 1. The monoisotopic (exact) mass is 323 g/mol. The number of carbonyl (C=O) groups is 1. The van der Waals surface area contributed by atoms with Crippen LogP contribution in [0.15, 0.2) is 12.1 Å². The summed E-state index contributed by atoms with van der Waals surface area (Å²) in [5, 5.41) is 8.83. The van der Waals surface area contributed by atoms with Gasteiger partial charge in [-0.3, -0.25) is 4.79 Å². The van der Waals surface area contributed by atoms with Crippen LogP contribution in [0.3, 0.4) is 0 Å². The van der Waals surface area contributed by atoms with Crippen LogP contribution in [0.4, 0.5) is 22.0 Å². The number of hydrogen-bond donors (Lipinski definition) is 0. The maximum absolute atomic E-state index is 12.7. The molecule has 1 aromatic carbocycles. The molecule has 0 aliphatic heterocycles. The third-order valence-corrected chi connectivity index (χ3v) is 2.42. The molecule has 120 valence electrons. The van der Waals surface area contributed by atoms with Gasteiger partial charge in [0.2, 0.25) is 0 Å². The first-order chi connectivity index (χ1) is 10.2. The van der Waals surface area contributed by atoms with Gasteiger partial charge >= 0.3 is 12.3 Å². The van der Waals surface area contributed by atoms with Crippen molar-refractivity contribution in [3.05, 3.63) is 28.8 Å². The number of carbonyl (C=O) groups excluding carboxylic acids is 1. The molecule has 0 saturated heterocycles. The van der Waals surface area contributed by atoms with Gasteiger partial charge < -0.3 is 9.47 Å². The van der Waals surface area contributed by atoms with Gasteiger partial charge in [0.15, 0.2) is 5.75 Å². The highest BCUT2D eigenvalue weighted by molar-refractivity contribution is 5.74. The molecule has 0 bridgehead atoms. The van der Waals surface area contributed by atoms with E-state index in [0.717, 1.165) is 0 Å². The van der Waals surface area contributed by atoms with Crippen LogP contribution in [0.1, 0.15) is 30.0 Å². The predicted molar refractivity (Wildman–Crippen MR) is 63.1 cm³/mol. The molecule has 0 amide bonds. The molecule has 0 N–H and O–H groups in total. The normalized spacial score (nSPS) is 11.2. The summed E-state index contributed by atoms with van der Waals surface area (Å²) in [6, 6.07) is 2.62. The average Bonchev–Trinajstić information content (AvgIpc) is 2.38. The lowest BCUT2D eigenvalue weighted by atomic mass is 10.0. The fourth-order valence-corrected chi connectivity index (χ4v) is 1.66. The van der Waals surface area contributed by atoms with Crippen molar-refractivity contribution in [2.75, 3.05) is 6.61 Å². The number of esters is 1. The van der Waals surface area contributed by atoms with Gasteiger partial charge in [-0.05, 0) is 19.1 Å². The summed E-state index contributed by atoms with van der Waals surface area (Å²) in [5.41, 5.74) is -1.93. The zero-order valence-electron chi connectivity index (χ0n) is 11.2. The number of alkyl halides is 5. The van der Waals surface area contributed by atoms with E-state index in [0.29, 0.717) is 12.1 Å². The molecule has 0 spiro atoms. The smallest absolute Gasteiger partial charge is 0.466 e. The van der Waals surface area contributed by atoms with Gasteiger partial charge in [0.25, 0.3) is 6.43 Å². The van der Waals surface area contributed by atoms with Crippen LogP contribution >= 0.6 is 0 Å². The van der Waals surface area contributed by atoms with Gasteiger partial charge in [0.05, 0.1) is 18.6 Å². The van der Waals surface area contributed by atoms with Gasteiger partial charge in [-0.25, -0.2) is 8.78 Å². The molecule has 9 heteroatoms. The lowest BCUT2D eigenvalue weighted by molar-refractivity contribution is -0.275. The Morgan fingerprint density at radius 2 is 2.00 bits per heavy atom. The summed E-state index contributed by atoms with van der Waals surface area (Å²) in [5.74, 6) is -1.91. The van der Waals surface area contributed by atoms with Crippen molar-refractivity contribution >= 4 is 5.97 Å². The van der Waals surface area contributed by atoms with Crippen LogP contribution in [0.5, 0.6) is 5.75 Å². The Morgan fingerprint density at radius 3 is 2.45 bits per heavy atom. The van der Waals surface area contributed by atoms with Gasteiger partial charge in [0, 0.05) is 11.1 Å². The molecule has 0 fully saturated rings. The molecule has 0 aliphatic rings. The van der Waals surface area contributed by atoms with Crippen LogP contribution in [0.25, 0.3) is 0 Å². The molecule has 0 heterocycles. The molecule has 4 nitrogen and oxygen atoms in total. The maximum Gasteiger partial charge on any atom is 0.573 e. The Bertz CT molecular complexity index is 593. The number of halogens is 5. The second-order valence-corrected chi connectivity index (χ2v) is 4.00. The fourth-order valence-electron chi connectivity index (χ4n) is 1.66. The van der Waals surface area contributed by atoms with E-state index < -0.39 is 47.6 Å². The van der Waals surface area contributed by atoms with Gasteiger partial charge in [-0.1, -0.05) is 0 Å². The number of hydrogen-bond acceptors (Lipinski definition) is 4. The van der Waals surface area contributed by atoms with E-state index in [2.05, 4.69) is 9.47 Å². The first kappa shape index (κ1) is 17.7. The van der Waals surface area contributed by atoms with E-state index >= 15 is 0 Å². The lowest BCUT2D eigenvalue weighted by Gasteiger charge is -2.16. The van der Waals surface area contributed by atoms with Crippen molar-refractivity contribution in [2.45, 2.75) is 26.1 Å². The molecular weight excluding hydrogens is 313 g/mol. The summed E-state index contributed by atoms with van der Waals surface area (Å²) in [6.07, 6.45) is -8.89. The summed E-state index contributed by atoms with van der Waals surface area (Å²) in [7, 11) is 0. The molecule has 0 aromatic heterocycles. The number of ether oxygens (including phenoxy) is 2. The zero-order chi connectivity index (χ0) is 16.9. The molecule has 0 radical (unpaired) electrons. The Hall–Kier alpha value is -2.37. The number of benzene rings is 1. The zero-order valence-corrected chi connectivity index (χ0v) is 11.2. The van der Waals surface area contributed by atoms with Crippen LogP contribution in [0.2, 0.25) is 0 Å². The van der Waals surface area contributed by atoms with Crippen molar-refractivity contribution in [2.24, 2.45) is 0 Å². The second-order valence-electron chi connectivity index (χ2n) is 4.00. The van der Waals surface area contributed by atoms with Crippen molar-refractivity contribution in [3.8, 4) is 11.8 Å². The third kappa shape index (κ3) is 4.87. The minimum Gasteiger partial charge on any atom is -0.466 e. The minimum absolute atomic E-state index is 0.0338. The van der Waals surface area contributed by atoms with Crippen molar-refractivity contribution in [1.29, 1.82) is 5.26 Å². The van der Waals surface area contributed by atoms with Gasteiger partial charge in [-0.2, -0.15) is 5.26 Å². The SMILES string of the molecule is CCOC(=O)Cc1cc(C(F)F)cc(C#N)c1OC(F)(F)F. The Kier molecular flexibility index (Phi) is 5.68. The predicted octanol–water partition coefficient (Wildman–Crippen LogP) is 3.50. The van der Waals surface area contributed by atoms with Gasteiger partial charge in [0.1, 0.15) is 6.07 Å². The molecule has 1 rings (SSSR count). The first-order valence-electron chi connectivity index (χ1n) is 5.94. The highest BCUT2D eigenvalue weighted by Crippen LogP contribution is 2.34. The standard InChI is InChI=1S/C13H10F5NO3/c1-2-21-10(20)5-7-3-8(12(14)15)4-9(6-19)11(7)22-13(16,17)18/h3-4,12H,2,5H2,1H3. The molecule has 0 unspecified atom stereocenters. The van der Waals surface area contributed by atoms with Gasteiger partial charge in [-0.15, -0.1) is 13.2 Å². The molecule has 0 aliphatic carbocycles. The van der Waals surface area contributed by atoms with Crippen molar-refractivity contribution in [3.63, 3.8) is 0 Å². The lowest BCUT2D eigenvalue weighted by Crippen LogP contribution is -2.20. The molecule has 0 saturated carbocycles. The van der Waals surface area contributed by atoms with Crippen LogP contribution in [-0.2, 0) is 16.0 Å². The van der Waals surface area contributed by atoms with E-state index in [9.17, 15) is 26.7 Å². The number of nitrogens with zero attached hydrogens (tertiary/aromatic N) is 1. The molecule has 0 atom stereocenters. The fraction of sp³-hybridized carbons (Fsp3) is 0.385. The largest absolute Gasteiger partial charge is 0.573 e. The average molecular weight is 323 g/mol. The first-order valence-corrected chi connectivity index (χ1v) is 5.94. The van der Waals surface area contributed by atoms with Crippen LogP contribution in [-0.4, -0.2) is 18.9 Å². The second kappa shape index (κ2) is 7.06. The van der Waals surface area contributed by atoms with E-state index in [1.165, 1.54) is 13.0 Å². The van der Waals surface area contributed by atoms with E-state index in [-0.39, 0.29) is 6.61 Å². The topological polar surface area (TPSA) is 59.3 Å². The summed E-state index contributed by atoms with van der Waals surface area (Å²) < 4.78 is 70.9. The summed E-state index contributed by atoms with van der Waals surface area (Å²) in [4.78, 5) is 11.4. The Morgan fingerprint density at radius 1 is 1.36 bits per heavy atom. The Balaban J connectivity index is 3.36. The third-order valence-electron chi connectivity index (χ3n) is 2.42. The number of rotatable bonds is 5. The van der Waals surface area contributed by atoms with Crippen molar-refractivity contribution < 1.29 is 36.2 Å². The minimum atomic E-state index is -5.14. The highest BCUT2D eigenvalue weighted by Gasteiger charge is 2.34. The summed E-state index contributed by atoms with van der Waals surface area (Å²) >= 11 is 0. The highest BCUT2D eigenvalue weighted by atomic mass is 19.4.